The topological polar surface area (TPSA) is 44.5 Å². The first-order valence-corrected chi connectivity index (χ1v) is 4.56. The Hall–Kier alpha value is -1.29. The number of rotatable bonds is 2. The lowest BCUT2D eigenvalue weighted by Gasteiger charge is -2.13. The molecule has 0 saturated carbocycles. The van der Waals surface area contributed by atoms with Crippen LogP contribution in [0.25, 0.3) is 0 Å². The minimum atomic E-state index is -0.420. The summed E-state index contributed by atoms with van der Waals surface area (Å²) in [5.41, 5.74) is 5.92. The van der Waals surface area contributed by atoms with Gasteiger partial charge in [-0.2, -0.15) is 0 Å². The number of halogens is 1. The van der Waals surface area contributed by atoms with Crippen LogP contribution < -0.4 is 10.5 Å². The summed E-state index contributed by atoms with van der Waals surface area (Å²) in [4.78, 5) is 0. The van der Waals surface area contributed by atoms with Crippen molar-refractivity contribution in [2.24, 2.45) is 0 Å². The first-order chi connectivity index (χ1) is 6.77. The lowest BCUT2D eigenvalue weighted by Crippen LogP contribution is -2.17. The van der Waals surface area contributed by atoms with Crippen molar-refractivity contribution in [2.75, 3.05) is 18.9 Å². The molecule has 0 aliphatic carbocycles. The van der Waals surface area contributed by atoms with Gasteiger partial charge >= 0.3 is 0 Å². The Morgan fingerprint density at radius 2 is 2.36 bits per heavy atom. The first kappa shape index (κ1) is 9.27. The third kappa shape index (κ3) is 1.80. The van der Waals surface area contributed by atoms with Crippen molar-refractivity contribution in [2.45, 2.75) is 12.5 Å². The zero-order chi connectivity index (χ0) is 9.97. The Kier molecular flexibility index (Phi) is 2.54. The van der Waals surface area contributed by atoms with Gasteiger partial charge in [0.1, 0.15) is 6.10 Å². The number of ether oxygens (including phenoxy) is 2. The maximum Gasteiger partial charge on any atom is 0.178 e. The Bertz CT molecular complexity index is 304. The van der Waals surface area contributed by atoms with Crippen molar-refractivity contribution in [3.05, 3.63) is 24.0 Å². The van der Waals surface area contributed by atoms with Gasteiger partial charge in [0.25, 0.3) is 0 Å². The van der Waals surface area contributed by atoms with E-state index in [2.05, 4.69) is 0 Å². The maximum atomic E-state index is 13.3. The molecule has 76 valence electrons. The fraction of sp³-hybridized carbons (Fsp3) is 0.400. The molecule has 0 bridgehead atoms. The van der Waals surface area contributed by atoms with E-state index in [0.29, 0.717) is 18.9 Å². The van der Waals surface area contributed by atoms with Crippen LogP contribution in [-0.4, -0.2) is 19.3 Å². The van der Waals surface area contributed by atoms with E-state index in [9.17, 15) is 4.39 Å². The summed E-state index contributed by atoms with van der Waals surface area (Å²) < 4.78 is 23.8. The van der Waals surface area contributed by atoms with Crippen molar-refractivity contribution in [1.82, 2.24) is 0 Å². The van der Waals surface area contributed by atoms with E-state index in [1.807, 2.05) is 0 Å². The van der Waals surface area contributed by atoms with Crippen LogP contribution in [0, 0.1) is 5.82 Å². The molecule has 1 aromatic rings. The second-order valence-electron chi connectivity index (χ2n) is 3.26. The van der Waals surface area contributed by atoms with Gasteiger partial charge in [-0.3, -0.25) is 0 Å². The average molecular weight is 197 g/mol. The normalized spacial score (nSPS) is 21.1. The lowest BCUT2D eigenvalue weighted by atomic mass is 10.2. The van der Waals surface area contributed by atoms with Crippen LogP contribution in [0.3, 0.4) is 0 Å². The zero-order valence-corrected chi connectivity index (χ0v) is 7.70. The lowest BCUT2D eigenvalue weighted by molar-refractivity contribution is 0.139. The van der Waals surface area contributed by atoms with E-state index in [1.54, 1.807) is 12.1 Å². The molecular formula is C10H12FNO2. The molecule has 0 spiro atoms. The molecule has 2 N–H and O–H groups in total. The number of anilines is 1. The average Bonchev–Trinajstić information content (AvgIpc) is 2.64. The molecule has 1 fully saturated rings. The van der Waals surface area contributed by atoms with E-state index in [-0.39, 0.29) is 11.9 Å². The van der Waals surface area contributed by atoms with Crippen molar-refractivity contribution in [1.29, 1.82) is 0 Å². The van der Waals surface area contributed by atoms with Crippen molar-refractivity contribution in [3.8, 4) is 5.75 Å². The van der Waals surface area contributed by atoms with Gasteiger partial charge in [-0.15, -0.1) is 0 Å². The predicted octanol–water partition coefficient (Wildman–Crippen LogP) is 1.58. The number of hydrogen-bond donors (Lipinski definition) is 1. The van der Waals surface area contributed by atoms with Gasteiger partial charge < -0.3 is 15.2 Å². The SMILES string of the molecule is Nc1cccc(F)c1OC1CCOC1. The number of hydrogen-bond acceptors (Lipinski definition) is 3. The summed E-state index contributed by atoms with van der Waals surface area (Å²) in [7, 11) is 0. The van der Waals surface area contributed by atoms with Crippen LogP contribution in [0.2, 0.25) is 0 Å². The Balaban J connectivity index is 2.14. The highest BCUT2D eigenvalue weighted by atomic mass is 19.1. The summed E-state index contributed by atoms with van der Waals surface area (Å²) in [6.45, 7) is 1.17. The fourth-order valence-electron chi connectivity index (χ4n) is 1.42. The Morgan fingerprint density at radius 1 is 1.50 bits per heavy atom. The highest BCUT2D eigenvalue weighted by molar-refractivity contribution is 5.52. The monoisotopic (exact) mass is 197 g/mol. The Morgan fingerprint density at radius 3 is 3.00 bits per heavy atom. The third-order valence-corrected chi connectivity index (χ3v) is 2.17. The number of nitrogens with two attached hydrogens (primary N) is 1. The molecule has 1 atom stereocenters. The van der Waals surface area contributed by atoms with Gasteiger partial charge in [0.05, 0.1) is 18.9 Å². The minimum absolute atomic E-state index is 0.0748. The van der Waals surface area contributed by atoms with Gasteiger partial charge in [-0.05, 0) is 12.1 Å². The summed E-state index contributed by atoms with van der Waals surface area (Å²) in [6, 6.07) is 4.51. The van der Waals surface area contributed by atoms with E-state index in [1.165, 1.54) is 6.07 Å². The van der Waals surface area contributed by atoms with Gasteiger partial charge in [0, 0.05) is 6.42 Å². The predicted molar refractivity (Wildman–Crippen MR) is 50.7 cm³/mol. The summed E-state index contributed by atoms with van der Waals surface area (Å²) in [5.74, 6) is -0.278. The van der Waals surface area contributed by atoms with E-state index < -0.39 is 5.82 Å². The van der Waals surface area contributed by atoms with Gasteiger partial charge in [-0.25, -0.2) is 4.39 Å². The quantitative estimate of drug-likeness (QED) is 0.732. The summed E-state index contributed by atoms with van der Waals surface area (Å²) >= 11 is 0. The molecule has 3 nitrogen and oxygen atoms in total. The molecule has 0 radical (unpaired) electrons. The molecule has 1 heterocycles. The van der Waals surface area contributed by atoms with E-state index in [0.717, 1.165) is 6.42 Å². The van der Waals surface area contributed by atoms with Crippen molar-refractivity contribution < 1.29 is 13.9 Å². The molecule has 4 heteroatoms. The molecule has 1 aliphatic heterocycles. The van der Waals surface area contributed by atoms with Crippen molar-refractivity contribution >= 4 is 5.69 Å². The van der Waals surface area contributed by atoms with Gasteiger partial charge in [-0.1, -0.05) is 6.07 Å². The number of nitrogen functional groups attached to an aromatic ring is 1. The number of benzene rings is 1. The molecule has 0 aromatic heterocycles. The van der Waals surface area contributed by atoms with E-state index >= 15 is 0 Å². The van der Waals surface area contributed by atoms with Crippen LogP contribution >= 0.6 is 0 Å². The second kappa shape index (κ2) is 3.84. The number of para-hydroxylation sites is 1. The molecule has 0 amide bonds. The summed E-state index contributed by atoms with van der Waals surface area (Å²) in [5, 5.41) is 0. The second-order valence-corrected chi connectivity index (χ2v) is 3.26. The maximum absolute atomic E-state index is 13.3. The highest BCUT2D eigenvalue weighted by Gasteiger charge is 2.19. The van der Waals surface area contributed by atoms with Gasteiger partial charge in [0.2, 0.25) is 0 Å². The zero-order valence-electron chi connectivity index (χ0n) is 7.70. The standard InChI is InChI=1S/C10H12FNO2/c11-8-2-1-3-9(12)10(8)14-7-4-5-13-6-7/h1-3,7H,4-6,12H2. The van der Waals surface area contributed by atoms with Crippen LogP contribution in [-0.2, 0) is 4.74 Å². The van der Waals surface area contributed by atoms with E-state index in [4.69, 9.17) is 15.2 Å². The molecule has 1 aromatic carbocycles. The minimum Gasteiger partial charge on any atom is -0.483 e. The van der Waals surface area contributed by atoms with Crippen molar-refractivity contribution in [3.63, 3.8) is 0 Å². The van der Waals surface area contributed by atoms with Crippen LogP contribution in [0.5, 0.6) is 5.75 Å². The molecule has 2 rings (SSSR count). The summed E-state index contributed by atoms with van der Waals surface area (Å²) in [6.07, 6.45) is 0.711. The molecule has 1 unspecified atom stereocenters. The third-order valence-electron chi connectivity index (χ3n) is 2.17. The highest BCUT2D eigenvalue weighted by Crippen LogP contribution is 2.27. The smallest absolute Gasteiger partial charge is 0.178 e. The van der Waals surface area contributed by atoms with Gasteiger partial charge in [0.15, 0.2) is 11.6 Å². The van der Waals surface area contributed by atoms with Crippen LogP contribution in [0.1, 0.15) is 6.42 Å². The largest absolute Gasteiger partial charge is 0.483 e. The van der Waals surface area contributed by atoms with Crippen LogP contribution in [0.15, 0.2) is 18.2 Å². The molecule has 14 heavy (non-hydrogen) atoms. The fourth-order valence-corrected chi connectivity index (χ4v) is 1.42. The Labute approximate surface area is 81.6 Å². The molecular weight excluding hydrogens is 185 g/mol. The molecule has 1 saturated heterocycles. The molecule has 1 aliphatic rings. The van der Waals surface area contributed by atoms with Crippen LogP contribution in [0.4, 0.5) is 10.1 Å². The first-order valence-electron chi connectivity index (χ1n) is 4.56.